The summed E-state index contributed by atoms with van der Waals surface area (Å²) in [6, 6.07) is 1.96. The minimum absolute atomic E-state index is 0.0230. The van der Waals surface area contributed by atoms with E-state index in [1.807, 2.05) is 17.8 Å². The van der Waals surface area contributed by atoms with E-state index in [4.69, 9.17) is 0 Å². The molecule has 1 unspecified atom stereocenters. The van der Waals surface area contributed by atoms with Crippen LogP contribution in [0.1, 0.15) is 19.0 Å². The second kappa shape index (κ2) is 4.65. The van der Waals surface area contributed by atoms with Crippen LogP contribution in [0.2, 0.25) is 0 Å². The van der Waals surface area contributed by atoms with Crippen molar-refractivity contribution in [3.8, 4) is 0 Å². The van der Waals surface area contributed by atoms with Crippen molar-refractivity contribution in [3.63, 3.8) is 0 Å². The first kappa shape index (κ1) is 11.1. The monoisotopic (exact) mass is 222 g/mol. The molecule has 0 aromatic carbocycles. The number of hydrogen-bond donors (Lipinski definition) is 1. The first-order valence-electron chi connectivity index (χ1n) is 5.71. The Morgan fingerprint density at radius 2 is 2.44 bits per heavy atom. The lowest BCUT2D eigenvalue weighted by atomic mass is 10.2. The van der Waals surface area contributed by atoms with Gasteiger partial charge in [0.2, 0.25) is 5.91 Å². The van der Waals surface area contributed by atoms with Gasteiger partial charge in [-0.25, -0.2) is 0 Å². The second-order valence-corrected chi connectivity index (χ2v) is 4.12. The van der Waals surface area contributed by atoms with Gasteiger partial charge in [0.1, 0.15) is 0 Å². The Labute approximate surface area is 95.4 Å². The fourth-order valence-corrected chi connectivity index (χ4v) is 2.03. The van der Waals surface area contributed by atoms with Crippen molar-refractivity contribution in [2.45, 2.75) is 32.5 Å². The average Bonchev–Trinajstić information content (AvgIpc) is 2.86. The third-order valence-corrected chi connectivity index (χ3v) is 3.06. The van der Waals surface area contributed by atoms with Crippen LogP contribution >= 0.6 is 0 Å². The smallest absolute Gasteiger partial charge is 0.239 e. The standard InChI is InChI=1S/C11H18N4O/c1-3-15-9(4-6-13-15)8-12-10-5-7-14(2)11(10)16/h4,6,10,12H,3,5,7-8H2,1-2H3. The molecule has 1 saturated heterocycles. The summed E-state index contributed by atoms with van der Waals surface area (Å²) in [6.45, 7) is 4.48. The van der Waals surface area contributed by atoms with E-state index < -0.39 is 0 Å². The van der Waals surface area contributed by atoms with E-state index in [9.17, 15) is 4.79 Å². The highest BCUT2D eigenvalue weighted by Crippen LogP contribution is 2.09. The summed E-state index contributed by atoms with van der Waals surface area (Å²) < 4.78 is 1.94. The molecular weight excluding hydrogens is 204 g/mol. The van der Waals surface area contributed by atoms with E-state index in [1.165, 1.54) is 0 Å². The van der Waals surface area contributed by atoms with Gasteiger partial charge in [-0.05, 0) is 19.4 Å². The van der Waals surface area contributed by atoms with Crippen molar-refractivity contribution in [3.05, 3.63) is 18.0 Å². The largest absolute Gasteiger partial charge is 0.344 e. The third kappa shape index (κ3) is 2.09. The minimum atomic E-state index is -0.0230. The Kier molecular flexibility index (Phi) is 3.24. The molecular formula is C11H18N4O. The highest BCUT2D eigenvalue weighted by Gasteiger charge is 2.28. The molecule has 0 aliphatic carbocycles. The van der Waals surface area contributed by atoms with Crippen molar-refractivity contribution in [1.29, 1.82) is 0 Å². The molecule has 1 atom stereocenters. The predicted molar refractivity (Wildman–Crippen MR) is 60.8 cm³/mol. The summed E-state index contributed by atoms with van der Waals surface area (Å²) in [5.74, 6) is 0.197. The molecule has 16 heavy (non-hydrogen) atoms. The maximum Gasteiger partial charge on any atom is 0.239 e. The number of aromatic nitrogens is 2. The van der Waals surface area contributed by atoms with Gasteiger partial charge in [0.05, 0.1) is 11.7 Å². The maximum atomic E-state index is 11.7. The third-order valence-electron chi connectivity index (χ3n) is 3.06. The lowest BCUT2D eigenvalue weighted by Crippen LogP contribution is -2.36. The molecule has 1 aliphatic rings. The number of amides is 1. The topological polar surface area (TPSA) is 50.2 Å². The van der Waals surface area contributed by atoms with Gasteiger partial charge in [-0.1, -0.05) is 0 Å². The molecule has 0 radical (unpaired) electrons. The van der Waals surface area contributed by atoms with Crippen LogP contribution in [0.5, 0.6) is 0 Å². The van der Waals surface area contributed by atoms with Crippen molar-refractivity contribution >= 4 is 5.91 Å². The van der Waals surface area contributed by atoms with Gasteiger partial charge >= 0.3 is 0 Å². The van der Waals surface area contributed by atoms with Gasteiger partial charge < -0.3 is 10.2 Å². The van der Waals surface area contributed by atoms with E-state index in [1.54, 1.807) is 11.1 Å². The number of likely N-dealkylation sites (N-methyl/N-ethyl adjacent to an activating group) is 1. The van der Waals surface area contributed by atoms with Gasteiger partial charge in [-0.2, -0.15) is 5.10 Å². The summed E-state index contributed by atoms with van der Waals surface area (Å²) in [5, 5.41) is 7.48. The molecule has 5 nitrogen and oxygen atoms in total. The van der Waals surface area contributed by atoms with Gasteiger partial charge in [0.15, 0.2) is 0 Å². The highest BCUT2D eigenvalue weighted by atomic mass is 16.2. The fraction of sp³-hybridized carbons (Fsp3) is 0.636. The normalized spacial score (nSPS) is 20.8. The van der Waals surface area contributed by atoms with Crippen molar-refractivity contribution < 1.29 is 4.79 Å². The highest BCUT2D eigenvalue weighted by molar-refractivity contribution is 5.83. The lowest BCUT2D eigenvalue weighted by molar-refractivity contribution is -0.128. The van der Waals surface area contributed by atoms with E-state index in [-0.39, 0.29) is 11.9 Å². The van der Waals surface area contributed by atoms with Crippen LogP contribution in [-0.4, -0.2) is 40.2 Å². The average molecular weight is 222 g/mol. The zero-order valence-corrected chi connectivity index (χ0v) is 9.81. The zero-order valence-electron chi connectivity index (χ0n) is 9.81. The predicted octanol–water partition coefficient (Wildman–Crippen LogP) is 0.223. The van der Waals surface area contributed by atoms with Gasteiger partial charge in [-0.3, -0.25) is 9.48 Å². The van der Waals surface area contributed by atoms with E-state index in [0.29, 0.717) is 6.54 Å². The Morgan fingerprint density at radius 1 is 1.62 bits per heavy atom. The van der Waals surface area contributed by atoms with Crippen LogP contribution in [0.4, 0.5) is 0 Å². The molecule has 2 rings (SSSR count). The van der Waals surface area contributed by atoms with Crippen LogP contribution in [0.3, 0.4) is 0 Å². The van der Waals surface area contributed by atoms with Crippen LogP contribution in [-0.2, 0) is 17.9 Å². The molecule has 1 aromatic rings. The summed E-state index contributed by atoms with van der Waals surface area (Å²) >= 11 is 0. The molecule has 5 heteroatoms. The molecule has 0 bridgehead atoms. The summed E-state index contributed by atoms with van der Waals surface area (Å²) in [4.78, 5) is 13.4. The molecule has 88 valence electrons. The number of nitrogens with zero attached hydrogens (tertiary/aromatic N) is 3. The van der Waals surface area contributed by atoms with Crippen LogP contribution in [0, 0.1) is 0 Å². The molecule has 1 aromatic heterocycles. The van der Waals surface area contributed by atoms with E-state index >= 15 is 0 Å². The molecule has 1 N–H and O–H groups in total. The van der Waals surface area contributed by atoms with Crippen LogP contribution < -0.4 is 5.32 Å². The molecule has 1 fully saturated rings. The Morgan fingerprint density at radius 3 is 3.06 bits per heavy atom. The Hall–Kier alpha value is -1.36. The summed E-state index contributed by atoms with van der Waals surface area (Å²) in [5.41, 5.74) is 1.13. The number of aryl methyl sites for hydroxylation is 1. The number of carbonyl (C=O) groups excluding carboxylic acids is 1. The van der Waals surface area contributed by atoms with Gasteiger partial charge in [0, 0.05) is 32.9 Å². The second-order valence-electron chi connectivity index (χ2n) is 4.12. The summed E-state index contributed by atoms with van der Waals surface area (Å²) in [6.07, 6.45) is 2.69. The minimum Gasteiger partial charge on any atom is -0.344 e. The number of rotatable bonds is 4. The zero-order chi connectivity index (χ0) is 11.5. The fourth-order valence-electron chi connectivity index (χ4n) is 2.03. The van der Waals surface area contributed by atoms with Crippen LogP contribution in [0.25, 0.3) is 0 Å². The quantitative estimate of drug-likeness (QED) is 0.793. The SMILES string of the molecule is CCn1nccc1CNC1CCN(C)C1=O. The number of hydrogen-bond acceptors (Lipinski definition) is 3. The maximum absolute atomic E-state index is 11.7. The Bertz CT molecular complexity index is 374. The first-order chi connectivity index (χ1) is 7.72. The summed E-state index contributed by atoms with van der Waals surface area (Å²) in [7, 11) is 1.85. The number of carbonyl (C=O) groups is 1. The molecule has 0 spiro atoms. The number of likely N-dealkylation sites (tertiary alicyclic amines) is 1. The van der Waals surface area contributed by atoms with Crippen molar-refractivity contribution in [1.82, 2.24) is 20.0 Å². The molecule has 1 aliphatic heterocycles. The van der Waals surface area contributed by atoms with Crippen molar-refractivity contribution in [2.24, 2.45) is 0 Å². The van der Waals surface area contributed by atoms with Crippen LogP contribution in [0.15, 0.2) is 12.3 Å². The molecule has 0 saturated carbocycles. The molecule has 1 amide bonds. The van der Waals surface area contributed by atoms with E-state index in [2.05, 4.69) is 17.3 Å². The van der Waals surface area contributed by atoms with E-state index in [0.717, 1.165) is 25.2 Å². The van der Waals surface area contributed by atoms with Crippen molar-refractivity contribution in [2.75, 3.05) is 13.6 Å². The first-order valence-corrected chi connectivity index (χ1v) is 5.71. The Balaban J connectivity index is 1.90. The lowest BCUT2D eigenvalue weighted by Gasteiger charge is -2.12. The van der Waals surface area contributed by atoms with Gasteiger partial charge in [-0.15, -0.1) is 0 Å². The molecule has 2 heterocycles. The van der Waals surface area contributed by atoms with Gasteiger partial charge in [0.25, 0.3) is 0 Å². The number of nitrogens with one attached hydrogen (secondary N) is 1.